The molecular weight excluding hydrogens is 266 g/mol. The molecular formula is C17H27NOS. The zero-order valence-electron chi connectivity index (χ0n) is 12.5. The van der Waals surface area contributed by atoms with Gasteiger partial charge in [-0.25, -0.2) is 0 Å². The van der Waals surface area contributed by atoms with E-state index in [9.17, 15) is 4.21 Å². The van der Waals surface area contributed by atoms with Crippen molar-refractivity contribution in [3.8, 4) is 0 Å². The molecule has 1 aliphatic carbocycles. The van der Waals surface area contributed by atoms with Gasteiger partial charge in [0.1, 0.15) is 0 Å². The van der Waals surface area contributed by atoms with E-state index in [1.165, 1.54) is 32.1 Å². The summed E-state index contributed by atoms with van der Waals surface area (Å²) in [5.41, 5.74) is 0. The monoisotopic (exact) mass is 293 g/mol. The number of hydrogen-bond acceptors (Lipinski definition) is 2. The van der Waals surface area contributed by atoms with Gasteiger partial charge >= 0.3 is 0 Å². The lowest BCUT2D eigenvalue weighted by Crippen LogP contribution is -2.41. The van der Waals surface area contributed by atoms with Gasteiger partial charge in [-0.2, -0.15) is 0 Å². The maximum atomic E-state index is 12.5. The second kappa shape index (κ2) is 8.58. The van der Waals surface area contributed by atoms with E-state index in [0.29, 0.717) is 12.0 Å². The van der Waals surface area contributed by atoms with E-state index in [-0.39, 0.29) is 0 Å². The van der Waals surface area contributed by atoms with Crippen LogP contribution in [0.1, 0.15) is 45.4 Å². The van der Waals surface area contributed by atoms with Crippen molar-refractivity contribution in [1.82, 2.24) is 5.32 Å². The lowest BCUT2D eigenvalue weighted by Gasteiger charge is -2.31. The molecule has 1 aromatic rings. The molecule has 2 atom stereocenters. The SMILES string of the molecule is CCCNC(CS(=O)c1ccccc1)C1CCCCC1. The molecule has 0 radical (unpaired) electrons. The Hall–Kier alpha value is -0.670. The lowest BCUT2D eigenvalue weighted by atomic mass is 9.84. The fourth-order valence-electron chi connectivity index (χ4n) is 3.06. The van der Waals surface area contributed by atoms with Crippen LogP contribution in [0.4, 0.5) is 0 Å². The number of rotatable bonds is 7. The van der Waals surface area contributed by atoms with Crippen LogP contribution in [-0.2, 0) is 10.8 Å². The number of nitrogens with one attached hydrogen (secondary N) is 1. The van der Waals surface area contributed by atoms with Crippen molar-refractivity contribution in [2.75, 3.05) is 12.3 Å². The highest BCUT2D eigenvalue weighted by Crippen LogP contribution is 2.27. The molecule has 2 nitrogen and oxygen atoms in total. The minimum atomic E-state index is -0.881. The predicted molar refractivity (Wildman–Crippen MR) is 86.4 cm³/mol. The zero-order chi connectivity index (χ0) is 14.2. The molecule has 20 heavy (non-hydrogen) atoms. The predicted octanol–water partition coefficient (Wildman–Crippen LogP) is 3.74. The van der Waals surface area contributed by atoms with E-state index in [4.69, 9.17) is 0 Å². The summed E-state index contributed by atoms with van der Waals surface area (Å²) in [4.78, 5) is 0.964. The summed E-state index contributed by atoms with van der Waals surface area (Å²) in [5, 5.41) is 3.65. The first-order valence-corrected chi connectivity index (χ1v) is 9.30. The second-order valence-electron chi connectivity index (χ2n) is 5.78. The Morgan fingerprint density at radius 3 is 2.55 bits per heavy atom. The average Bonchev–Trinajstić information content (AvgIpc) is 2.53. The quantitative estimate of drug-likeness (QED) is 0.829. The van der Waals surface area contributed by atoms with Crippen molar-refractivity contribution in [1.29, 1.82) is 0 Å². The molecule has 0 amide bonds. The third-order valence-corrected chi connectivity index (χ3v) is 5.67. The van der Waals surface area contributed by atoms with Gasteiger partial charge in [0.05, 0.1) is 10.8 Å². The van der Waals surface area contributed by atoms with Gasteiger partial charge in [0, 0.05) is 16.7 Å². The molecule has 112 valence electrons. The molecule has 2 unspecified atom stereocenters. The largest absolute Gasteiger partial charge is 0.313 e. The third kappa shape index (κ3) is 4.71. The summed E-state index contributed by atoms with van der Waals surface area (Å²) in [7, 11) is -0.881. The summed E-state index contributed by atoms with van der Waals surface area (Å²) in [6.45, 7) is 3.23. The Labute approximate surface area is 125 Å². The highest BCUT2D eigenvalue weighted by atomic mass is 32.2. The van der Waals surface area contributed by atoms with Crippen LogP contribution in [0, 0.1) is 5.92 Å². The summed E-state index contributed by atoms with van der Waals surface area (Å²) in [6.07, 6.45) is 7.79. The topological polar surface area (TPSA) is 29.1 Å². The maximum Gasteiger partial charge on any atom is 0.0545 e. The van der Waals surface area contributed by atoms with Crippen LogP contribution in [0.5, 0.6) is 0 Å². The van der Waals surface area contributed by atoms with E-state index < -0.39 is 10.8 Å². The summed E-state index contributed by atoms with van der Waals surface area (Å²) < 4.78 is 12.5. The number of benzene rings is 1. The van der Waals surface area contributed by atoms with Crippen LogP contribution in [0.25, 0.3) is 0 Å². The Kier molecular flexibility index (Phi) is 6.74. The average molecular weight is 293 g/mol. The smallest absolute Gasteiger partial charge is 0.0545 e. The van der Waals surface area contributed by atoms with Gasteiger partial charge in [0.15, 0.2) is 0 Å². The standard InChI is InChI=1S/C17H27NOS/c1-2-13-18-17(15-9-5-3-6-10-15)14-20(19)16-11-7-4-8-12-16/h4,7-8,11-12,15,17-18H,2-3,5-6,9-10,13-14H2,1H3. The van der Waals surface area contributed by atoms with E-state index in [1.54, 1.807) is 0 Å². The third-order valence-electron chi connectivity index (χ3n) is 4.21. The van der Waals surface area contributed by atoms with Crippen molar-refractivity contribution in [3.63, 3.8) is 0 Å². The van der Waals surface area contributed by atoms with Crippen molar-refractivity contribution >= 4 is 10.8 Å². The van der Waals surface area contributed by atoms with Crippen LogP contribution in [-0.4, -0.2) is 22.5 Å². The lowest BCUT2D eigenvalue weighted by molar-refractivity contribution is 0.284. The van der Waals surface area contributed by atoms with Gasteiger partial charge in [-0.3, -0.25) is 4.21 Å². The Bertz CT molecular complexity index is 401. The van der Waals surface area contributed by atoms with Crippen LogP contribution < -0.4 is 5.32 Å². The van der Waals surface area contributed by atoms with Crippen LogP contribution in [0.3, 0.4) is 0 Å². The minimum Gasteiger partial charge on any atom is -0.313 e. The van der Waals surface area contributed by atoms with Gasteiger partial charge < -0.3 is 5.32 Å². The Morgan fingerprint density at radius 1 is 1.20 bits per heavy atom. The van der Waals surface area contributed by atoms with Crippen molar-refractivity contribution in [3.05, 3.63) is 30.3 Å². The highest BCUT2D eigenvalue weighted by molar-refractivity contribution is 7.85. The molecule has 3 heteroatoms. The molecule has 1 saturated carbocycles. The molecule has 0 bridgehead atoms. The van der Waals surface area contributed by atoms with Gasteiger partial charge in [0.25, 0.3) is 0 Å². The summed E-state index contributed by atoms with van der Waals surface area (Å²) >= 11 is 0. The van der Waals surface area contributed by atoms with E-state index in [1.807, 2.05) is 30.3 Å². The van der Waals surface area contributed by atoms with E-state index >= 15 is 0 Å². The first kappa shape index (κ1) is 15.7. The van der Waals surface area contributed by atoms with Gasteiger partial charge in [0.2, 0.25) is 0 Å². The molecule has 0 saturated heterocycles. The van der Waals surface area contributed by atoms with E-state index in [0.717, 1.165) is 23.6 Å². The van der Waals surface area contributed by atoms with E-state index in [2.05, 4.69) is 12.2 Å². The maximum absolute atomic E-state index is 12.5. The van der Waals surface area contributed by atoms with Crippen LogP contribution in [0.15, 0.2) is 35.2 Å². The summed E-state index contributed by atoms with van der Waals surface area (Å²) in [6, 6.07) is 10.3. The molecule has 1 N–H and O–H groups in total. The second-order valence-corrected chi connectivity index (χ2v) is 7.28. The Balaban J connectivity index is 1.97. The summed E-state index contributed by atoms with van der Waals surface area (Å²) in [5.74, 6) is 1.47. The Morgan fingerprint density at radius 2 is 1.90 bits per heavy atom. The van der Waals surface area contributed by atoms with Crippen LogP contribution in [0.2, 0.25) is 0 Å². The van der Waals surface area contributed by atoms with Crippen LogP contribution >= 0.6 is 0 Å². The van der Waals surface area contributed by atoms with Gasteiger partial charge in [-0.1, -0.05) is 44.4 Å². The minimum absolute atomic E-state index is 0.413. The molecule has 0 spiro atoms. The fourth-order valence-corrected chi connectivity index (χ4v) is 4.43. The first-order chi connectivity index (χ1) is 9.81. The fraction of sp³-hybridized carbons (Fsp3) is 0.647. The van der Waals surface area contributed by atoms with Crippen molar-refractivity contribution in [2.24, 2.45) is 5.92 Å². The van der Waals surface area contributed by atoms with Gasteiger partial charge in [-0.15, -0.1) is 0 Å². The normalized spacial score (nSPS) is 19.6. The molecule has 0 aliphatic heterocycles. The first-order valence-electron chi connectivity index (χ1n) is 7.98. The van der Waals surface area contributed by atoms with Gasteiger partial charge in [-0.05, 0) is 43.9 Å². The molecule has 1 aliphatic rings. The molecule has 2 rings (SSSR count). The highest BCUT2D eigenvalue weighted by Gasteiger charge is 2.25. The molecule has 1 aromatic carbocycles. The van der Waals surface area contributed by atoms with Crippen molar-refractivity contribution in [2.45, 2.75) is 56.4 Å². The van der Waals surface area contributed by atoms with Crippen molar-refractivity contribution < 1.29 is 4.21 Å². The molecule has 0 aromatic heterocycles. The molecule has 1 fully saturated rings. The number of hydrogen-bond donors (Lipinski definition) is 1. The molecule has 0 heterocycles. The zero-order valence-corrected chi connectivity index (χ0v) is 13.3.